The minimum absolute atomic E-state index is 0.172. The summed E-state index contributed by atoms with van der Waals surface area (Å²) in [5.41, 5.74) is 2.85. The van der Waals surface area contributed by atoms with Crippen LogP contribution < -0.4 is 10.9 Å². The first-order valence-corrected chi connectivity index (χ1v) is 7.79. The molecule has 1 saturated carbocycles. The monoisotopic (exact) mass is 260 g/mol. The number of nitrogens with one attached hydrogen (secondary N) is 1. The van der Waals surface area contributed by atoms with Crippen LogP contribution >= 0.6 is 0 Å². The molecule has 3 rings (SSSR count). The molecule has 1 aromatic rings. The van der Waals surface area contributed by atoms with E-state index in [4.69, 9.17) is 0 Å². The number of hydrogen-bond donors (Lipinski definition) is 1. The van der Waals surface area contributed by atoms with Crippen molar-refractivity contribution in [2.24, 2.45) is 0 Å². The van der Waals surface area contributed by atoms with E-state index < -0.39 is 0 Å². The van der Waals surface area contributed by atoms with Crippen LogP contribution in [0.2, 0.25) is 0 Å². The first-order valence-electron chi connectivity index (χ1n) is 7.79. The van der Waals surface area contributed by atoms with Crippen molar-refractivity contribution in [3.63, 3.8) is 0 Å². The summed E-state index contributed by atoms with van der Waals surface area (Å²) in [5.74, 6) is 0. The Bertz CT molecular complexity index is 486. The van der Waals surface area contributed by atoms with Gasteiger partial charge in [0.15, 0.2) is 0 Å². The van der Waals surface area contributed by atoms with Crippen molar-refractivity contribution in [3.05, 3.63) is 33.7 Å². The summed E-state index contributed by atoms with van der Waals surface area (Å²) in [4.78, 5) is 12.0. The van der Waals surface area contributed by atoms with Crippen LogP contribution in [0.25, 0.3) is 0 Å². The Morgan fingerprint density at radius 2 is 1.95 bits per heavy atom. The van der Waals surface area contributed by atoms with Crippen LogP contribution in [0.15, 0.2) is 16.9 Å². The van der Waals surface area contributed by atoms with E-state index in [9.17, 15) is 4.79 Å². The van der Waals surface area contributed by atoms with Gasteiger partial charge in [0.25, 0.3) is 5.56 Å². The number of fused-ring (bicyclic) bond motifs is 1. The normalized spacial score (nSPS) is 19.6. The highest BCUT2D eigenvalue weighted by atomic mass is 16.1. The van der Waals surface area contributed by atoms with Gasteiger partial charge in [0.05, 0.1) is 0 Å². The zero-order chi connectivity index (χ0) is 13.1. The van der Waals surface area contributed by atoms with Crippen LogP contribution in [-0.2, 0) is 19.4 Å². The molecule has 0 saturated heterocycles. The molecule has 0 amide bonds. The van der Waals surface area contributed by atoms with Crippen LogP contribution in [0, 0.1) is 0 Å². The molecule has 0 aliphatic heterocycles. The highest BCUT2D eigenvalue weighted by molar-refractivity contribution is 5.25. The lowest BCUT2D eigenvalue weighted by atomic mass is 9.95. The highest BCUT2D eigenvalue weighted by Gasteiger charge is 2.16. The zero-order valence-corrected chi connectivity index (χ0v) is 11.7. The molecule has 0 atom stereocenters. The lowest BCUT2D eigenvalue weighted by molar-refractivity contribution is 0.366. The van der Waals surface area contributed by atoms with Gasteiger partial charge in [0, 0.05) is 30.9 Å². The van der Waals surface area contributed by atoms with Crippen LogP contribution in [0.1, 0.15) is 49.8 Å². The summed E-state index contributed by atoms with van der Waals surface area (Å²) >= 11 is 0. The maximum atomic E-state index is 12.0. The number of aromatic nitrogens is 1. The molecule has 2 aliphatic carbocycles. The van der Waals surface area contributed by atoms with Gasteiger partial charge in [-0.3, -0.25) is 4.79 Å². The fraction of sp³-hybridized carbons (Fsp3) is 0.688. The van der Waals surface area contributed by atoms with Gasteiger partial charge in [-0.15, -0.1) is 0 Å². The predicted molar refractivity (Wildman–Crippen MR) is 77.6 cm³/mol. The fourth-order valence-corrected chi connectivity index (χ4v) is 3.57. The Hall–Kier alpha value is -1.09. The SMILES string of the molecule is O=c1ccc2c(n1CCNC1CCCCC1)CCC2. The molecule has 0 aromatic carbocycles. The standard InChI is InChI=1S/C16H24N2O/c19-16-10-9-13-5-4-8-15(13)18(16)12-11-17-14-6-2-1-3-7-14/h9-10,14,17H,1-8,11-12H2. The van der Waals surface area contributed by atoms with Crippen molar-refractivity contribution in [3.8, 4) is 0 Å². The van der Waals surface area contributed by atoms with Crippen LogP contribution in [0.5, 0.6) is 0 Å². The molecule has 1 aromatic heterocycles. The van der Waals surface area contributed by atoms with E-state index in [0.29, 0.717) is 6.04 Å². The molecule has 1 heterocycles. The Balaban J connectivity index is 1.61. The second-order valence-electron chi connectivity index (χ2n) is 5.94. The smallest absolute Gasteiger partial charge is 0.250 e. The van der Waals surface area contributed by atoms with Gasteiger partial charge in [-0.25, -0.2) is 0 Å². The second kappa shape index (κ2) is 5.91. The average Bonchev–Trinajstić information content (AvgIpc) is 2.91. The Morgan fingerprint density at radius 3 is 2.79 bits per heavy atom. The second-order valence-corrected chi connectivity index (χ2v) is 5.94. The number of hydrogen-bond acceptors (Lipinski definition) is 2. The van der Waals surface area contributed by atoms with E-state index in [1.54, 1.807) is 6.07 Å². The maximum absolute atomic E-state index is 12.0. The quantitative estimate of drug-likeness (QED) is 0.901. The molecule has 3 nitrogen and oxygen atoms in total. The van der Waals surface area contributed by atoms with Crippen molar-refractivity contribution in [1.29, 1.82) is 0 Å². The van der Waals surface area contributed by atoms with Gasteiger partial charge >= 0.3 is 0 Å². The minimum Gasteiger partial charge on any atom is -0.312 e. The Kier molecular flexibility index (Phi) is 4.02. The molecular weight excluding hydrogens is 236 g/mol. The van der Waals surface area contributed by atoms with E-state index in [1.807, 2.05) is 10.6 Å². The third-order valence-electron chi connectivity index (χ3n) is 4.62. The molecule has 0 spiro atoms. The zero-order valence-electron chi connectivity index (χ0n) is 11.7. The first-order chi connectivity index (χ1) is 9.34. The van der Waals surface area contributed by atoms with Crippen molar-refractivity contribution in [2.75, 3.05) is 6.54 Å². The van der Waals surface area contributed by atoms with Crippen LogP contribution in [0.4, 0.5) is 0 Å². The Morgan fingerprint density at radius 1 is 1.11 bits per heavy atom. The summed E-state index contributed by atoms with van der Waals surface area (Å²) in [6.45, 7) is 1.76. The molecule has 0 bridgehead atoms. The maximum Gasteiger partial charge on any atom is 0.250 e. The first kappa shape index (κ1) is 12.9. The van der Waals surface area contributed by atoms with Crippen LogP contribution in [0.3, 0.4) is 0 Å². The summed E-state index contributed by atoms with van der Waals surface area (Å²) in [7, 11) is 0. The highest BCUT2D eigenvalue weighted by Crippen LogP contribution is 2.20. The molecule has 104 valence electrons. The molecule has 0 unspecified atom stereocenters. The van der Waals surface area contributed by atoms with E-state index in [1.165, 1.54) is 49.8 Å². The number of aryl methyl sites for hydroxylation is 1. The van der Waals surface area contributed by atoms with Gasteiger partial charge in [0.1, 0.15) is 0 Å². The molecule has 0 radical (unpaired) electrons. The Labute approximate surface area is 115 Å². The van der Waals surface area contributed by atoms with Gasteiger partial charge < -0.3 is 9.88 Å². The van der Waals surface area contributed by atoms with Crippen molar-refractivity contribution >= 4 is 0 Å². The van der Waals surface area contributed by atoms with Crippen LogP contribution in [-0.4, -0.2) is 17.2 Å². The van der Waals surface area contributed by atoms with E-state index in [-0.39, 0.29) is 5.56 Å². The number of rotatable bonds is 4. The minimum atomic E-state index is 0.172. The summed E-state index contributed by atoms with van der Waals surface area (Å²) in [6, 6.07) is 4.45. The molecule has 1 fully saturated rings. The van der Waals surface area contributed by atoms with Gasteiger partial charge in [-0.05, 0) is 37.7 Å². The lowest BCUT2D eigenvalue weighted by Crippen LogP contribution is -2.35. The number of nitrogens with zero attached hydrogens (tertiary/aromatic N) is 1. The van der Waals surface area contributed by atoms with Gasteiger partial charge in [-0.2, -0.15) is 0 Å². The topological polar surface area (TPSA) is 34.0 Å². The average molecular weight is 260 g/mol. The molecule has 2 aliphatic rings. The van der Waals surface area contributed by atoms with E-state index in [0.717, 1.165) is 25.9 Å². The fourth-order valence-electron chi connectivity index (χ4n) is 3.57. The summed E-state index contributed by atoms with van der Waals surface area (Å²) < 4.78 is 2.00. The van der Waals surface area contributed by atoms with E-state index in [2.05, 4.69) is 5.32 Å². The largest absolute Gasteiger partial charge is 0.312 e. The van der Waals surface area contributed by atoms with E-state index >= 15 is 0 Å². The van der Waals surface area contributed by atoms with Crippen molar-refractivity contribution in [1.82, 2.24) is 9.88 Å². The molecule has 3 heteroatoms. The summed E-state index contributed by atoms with van der Waals surface area (Å²) in [6.07, 6.45) is 10.2. The summed E-state index contributed by atoms with van der Waals surface area (Å²) in [5, 5.41) is 3.63. The van der Waals surface area contributed by atoms with Gasteiger partial charge in [-0.1, -0.05) is 25.3 Å². The predicted octanol–water partition coefficient (Wildman–Crippen LogP) is 2.26. The molecular formula is C16H24N2O. The third-order valence-corrected chi connectivity index (χ3v) is 4.62. The lowest BCUT2D eigenvalue weighted by Gasteiger charge is -2.23. The molecule has 1 N–H and O–H groups in total. The molecule has 19 heavy (non-hydrogen) atoms. The van der Waals surface area contributed by atoms with Crippen molar-refractivity contribution < 1.29 is 0 Å². The number of pyridine rings is 1. The van der Waals surface area contributed by atoms with Gasteiger partial charge in [0.2, 0.25) is 0 Å². The van der Waals surface area contributed by atoms with Crippen molar-refractivity contribution in [2.45, 2.75) is 64.0 Å². The third kappa shape index (κ3) is 2.92.